The first kappa shape index (κ1) is 23.8. The zero-order chi connectivity index (χ0) is 24.4. The molecule has 1 aromatic heterocycles. The molecule has 2 fully saturated rings. The van der Waals surface area contributed by atoms with Gasteiger partial charge in [-0.2, -0.15) is 4.31 Å². The zero-order valence-corrected chi connectivity index (χ0v) is 20.9. The van der Waals surface area contributed by atoms with E-state index in [1.54, 1.807) is 22.5 Å². The number of piperidine rings is 1. The largest absolute Gasteiger partial charge is 0.356 e. The summed E-state index contributed by atoms with van der Waals surface area (Å²) in [7, 11) is -3.45. The average molecular weight is 493 g/mol. The van der Waals surface area contributed by atoms with Crippen molar-refractivity contribution < 1.29 is 13.2 Å². The van der Waals surface area contributed by atoms with Gasteiger partial charge >= 0.3 is 0 Å². The van der Waals surface area contributed by atoms with Crippen LogP contribution in [0.25, 0.3) is 10.9 Å². The summed E-state index contributed by atoms with van der Waals surface area (Å²) < 4.78 is 27.4. The number of hydrogen-bond donors (Lipinski definition) is 1. The standard InChI is InChI=1S/C27H32N4O3S/c1-20-6-4-7-21(16-20)18-28-27(32)23-8-5-13-30(19-23)26-12-9-22-17-24(10-11-25(22)29-26)35(33,34)31-14-2-3-15-31/h4,6-7,9-12,16-17,23H,2-3,5,8,13-15,18-19H2,1H3,(H,28,32)/t23-/m1/s1. The molecule has 3 aromatic rings. The highest BCUT2D eigenvalue weighted by Gasteiger charge is 2.28. The Kier molecular flexibility index (Phi) is 6.75. The van der Waals surface area contributed by atoms with Gasteiger partial charge in [0.05, 0.1) is 16.3 Å². The molecule has 7 nitrogen and oxygen atoms in total. The van der Waals surface area contributed by atoms with Crippen LogP contribution >= 0.6 is 0 Å². The van der Waals surface area contributed by atoms with Gasteiger partial charge in [-0.25, -0.2) is 13.4 Å². The molecule has 0 bridgehead atoms. The highest BCUT2D eigenvalue weighted by Crippen LogP contribution is 2.27. The average Bonchev–Trinajstić information content (AvgIpc) is 3.43. The van der Waals surface area contributed by atoms with Crippen molar-refractivity contribution in [2.45, 2.75) is 44.0 Å². The van der Waals surface area contributed by atoms with E-state index in [1.165, 1.54) is 5.56 Å². The Morgan fingerprint density at radius 2 is 1.86 bits per heavy atom. The van der Waals surface area contributed by atoms with Crippen molar-refractivity contribution in [1.29, 1.82) is 0 Å². The Hall–Kier alpha value is -2.97. The fraction of sp³-hybridized carbons (Fsp3) is 0.407. The summed E-state index contributed by atoms with van der Waals surface area (Å²) in [6.07, 6.45) is 3.62. The maximum atomic E-state index is 12.9. The van der Waals surface area contributed by atoms with Crippen LogP contribution in [0.4, 0.5) is 5.82 Å². The smallest absolute Gasteiger partial charge is 0.243 e. The van der Waals surface area contributed by atoms with E-state index in [1.807, 2.05) is 37.3 Å². The van der Waals surface area contributed by atoms with Gasteiger partial charge in [0.15, 0.2) is 0 Å². The summed E-state index contributed by atoms with van der Waals surface area (Å²) in [6, 6.07) is 17.2. The van der Waals surface area contributed by atoms with Crippen LogP contribution in [0.15, 0.2) is 59.5 Å². The van der Waals surface area contributed by atoms with Gasteiger partial charge in [-0.15, -0.1) is 0 Å². The number of rotatable bonds is 6. The zero-order valence-electron chi connectivity index (χ0n) is 20.1. The molecule has 1 N–H and O–H groups in total. The summed E-state index contributed by atoms with van der Waals surface area (Å²) in [6.45, 7) is 5.24. The van der Waals surface area contributed by atoms with E-state index < -0.39 is 10.0 Å². The highest BCUT2D eigenvalue weighted by atomic mass is 32.2. The maximum Gasteiger partial charge on any atom is 0.243 e. The minimum atomic E-state index is -3.45. The number of aryl methyl sites for hydroxylation is 1. The first-order valence-corrected chi connectivity index (χ1v) is 13.8. The minimum Gasteiger partial charge on any atom is -0.356 e. The maximum absolute atomic E-state index is 12.9. The van der Waals surface area contributed by atoms with Gasteiger partial charge in [0.1, 0.15) is 5.82 Å². The van der Waals surface area contributed by atoms with Crippen molar-refractivity contribution in [2.24, 2.45) is 5.92 Å². The van der Waals surface area contributed by atoms with Gasteiger partial charge in [-0.1, -0.05) is 29.8 Å². The molecule has 2 saturated heterocycles. The lowest BCUT2D eigenvalue weighted by Gasteiger charge is -2.33. The SMILES string of the molecule is Cc1cccc(CNC(=O)[C@@H]2CCCN(c3ccc4cc(S(=O)(=O)N5CCCC5)ccc4n3)C2)c1. The van der Waals surface area contributed by atoms with Gasteiger partial charge < -0.3 is 10.2 Å². The Bertz CT molecular complexity index is 1340. The predicted octanol–water partition coefficient (Wildman–Crippen LogP) is 3.86. The molecule has 2 aliphatic rings. The quantitative estimate of drug-likeness (QED) is 0.565. The summed E-state index contributed by atoms with van der Waals surface area (Å²) in [5, 5.41) is 3.90. The second-order valence-electron chi connectivity index (χ2n) is 9.63. The van der Waals surface area contributed by atoms with Crippen molar-refractivity contribution in [3.05, 3.63) is 65.7 Å². The number of amides is 1. The second kappa shape index (κ2) is 9.95. The molecule has 3 heterocycles. The molecule has 0 saturated carbocycles. The summed E-state index contributed by atoms with van der Waals surface area (Å²) >= 11 is 0. The molecule has 0 unspecified atom stereocenters. The van der Waals surface area contributed by atoms with Crippen molar-refractivity contribution in [1.82, 2.24) is 14.6 Å². The number of carbonyl (C=O) groups excluding carboxylic acids is 1. The molecule has 184 valence electrons. The third-order valence-corrected chi connectivity index (χ3v) is 8.91. The second-order valence-corrected chi connectivity index (χ2v) is 11.6. The number of aromatic nitrogens is 1. The lowest BCUT2D eigenvalue weighted by molar-refractivity contribution is -0.125. The van der Waals surface area contributed by atoms with Crippen LogP contribution in [0.5, 0.6) is 0 Å². The fourth-order valence-corrected chi connectivity index (χ4v) is 6.61. The number of benzene rings is 2. The molecule has 5 rings (SSSR count). The Labute approximate surface area is 207 Å². The minimum absolute atomic E-state index is 0.0776. The molecule has 0 aliphatic carbocycles. The number of carbonyl (C=O) groups is 1. The lowest BCUT2D eigenvalue weighted by Crippen LogP contribution is -2.43. The van der Waals surface area contributed by atoms with Crippen LogP contribution in [0.1, 0.15) is 36.8 Å². The first-order valence-electron chi connectivity index (χ1n) is 12.4. The van der Waals surface area contributed by atoms with E-state index in [2.05, 4.69) is 16.3 Å². The number of sulfonamides is 1. The van der Waals surface area contributed by atoms with E-state index in [-0.39, 0.29) is 11.8 Å². The van der Waals surface area contributed by atoms with Gasteiger partial charge in [0.25, 0.3) is 0 Å². The Morgan fingerprint density at radius 1 is 1.03 bits per heavy atom. The van der Waals surface area contributed by atoms with Crippen LogP contribution in [-0.4, -0.2) is 49.8 Å². The molecule has 2 aliphatic heterocycles. The fourth-order valence-electron chi connectivity index (χ4n) is 5.06. The number of nitrogens with one attached hydrogen (secondary N) is 1. The van der Waals surface area contributed by atoms with Gasteiger partial charge in [0, 0.05) is 38.1 Å². The molecule has 35 heavy (non-hydrogen) atoms. The molecule has 8 heteroatoms. The van der Waals surface area contributed by atoms with Crippen LogP contribution in [-0.2, 0) is 21.4 Å². The molecule has 0 spiro atoms. The van der Waals surface area contributed by atoms with Crippen molar-refractivity contribution in [3.63, 3.8) is 0 Å². The van der Waals surface area contributed by atoms with Crippen molar-refractivity contribution in [3.8, 4) is 0 Å². The number of pyridine rings is 1. The molecule has 1 amide bonds. The Morgan fingerprint density at radius 3 is 2.66 bits per heavy atom. The van der Waals surface area contributed by atoms with Gasteiger partial charge in [-0.3, -0.25) is 4.79 Å². The molecule has 2 aromatic carbocycles. The van der Waals surface area contributed by atoms with Gasteiger partial charge in [0.2, 0.25) is 15.9 Å². The molecule has 1 atom stereocenters. The number of anilines is 1. The number of fused-ring (bicyclic) bond motifs is 1. The lowest BCUT2D eigenvalue weighted by atomic mass is 9.97. The third-order valence-electron chi connectivity index (χ3n) is 7.01. The Balaban J connectivity index is 1.27. The van der Waals surface area contributed by atoms with E-state index in [4.69, 9.17) is 4.98 Å². The van der Waals surface area contributed by atoms with Crippen LogP contribution in [0.3, 0.4) is 0 Å². The molecular formula is C27H32N4O3S. The highest BCUT2D eigenvalue weighted by molar-refractivity contribution is 7.89. The number of hydrogen-bond acceptors (Lipinski definition) is 5. The van der Waals surface area contributed by atoms with E-state index in [0.29, 0.717) is 31.1 Å². The van der Waals surface area contributed by atoms with E-state index >= 15 is 0 Å². The summed E-state index contributed by atoms with van der Waals surface area (Å²) in [5.41, 5.74) is 3.05. The van der Waals surface area contributed by atoms with E-state index in [0.717, 1.165) is 54.5 Å². The van der Waals surface area contributed by atoms with E-state index in [9.17, 15) is 13.2 Å². The van der Waals surface area contributed by atoms with Crippen LogP contribution in [0.2, 0.25) is 0 Å². The topological polar surface area (TPSA) is 82.6 Å². The first-order chi connectivity index (χ1) is 16.9. The van der Waals surface area contributed by atoms with Crippen molar-refractivity contribution in [2.75, 3.05) is 31.1 Å². The number of nitrogens with zero attached hydrogens (tertiary/aromatic N) is 3. The van der Waals surface area contributed by atoms with Crippen molar-refractivity contribution >= 4 is 32.7 Å². The van der Waals surface area contributed by atoms with Crippen LogP contribution < -0.4 is 10.2 Å². The summed E-state index contributed by atoms with van der Waals surface area (Å²) in [5.74, 6) is 0.816. The third kappa shape index (κ3) is 5.18. The molecular weight excluding hydrogens is 460 g/mol. The molecule has 0 radical (unpaired) electrons. The van der Waals surface area contributed by atoms with Crippen LogP contribution in [0, 0.1) is 12.8 Å². The normalized spacial score (nSPS) is 19.2. The summed E-state index contributed by atoms with van der Waals surface area (Å²) in [4.78, 5) is 20.2. The predicted molar refractivity (Wildman–Crippen MR) is 138 cm³/mol. The monoisotopic (exact) mass is 492 g/mol. The van der Waals surface area contributed by atoms with Gasteiger partial charge in [-0.05, 0) is 68.5 Å².